The molecule has 0 amide bonds. The minimum atomic E-state index is -0.0532. The van der Waals surface area contributed by atoms with Crippen LogP contribution in [0.3, 0.4) is 0 Å². The van der Waals surface area contributed by atoms with Gasteiger partial charge in [0.1, 0.15) is 6.29 Å². The third kappa shape index (κ3) is 2.27. The summed E-state index contributed by atoms with van der Waals surface area (Å²) in [4.78, 5) is 10.4. The first-order valence-electron chi connectivity index (χ1n) is 3.92. The number of ether oxygens (including phenoxy) is 2. The number of carbonyl (C=O) groups is 1. The van der Waals surface area contributed by atoms with Crippen molar-refractivity contribution in [1.82, 2.24) is 0 Å². The lowest BCUT2D eigenvalue weighted by molar-refractivity contribution is -0.148. The van der Waals surface area contributed by atoms with Crippen LogP contribution in [0.1, 0.15) is 13.8 Å². The summed E-state index contributed by atoms with van der Waals surface area (Å²) in [5.41, 5.74) is 0. The van der Waals surface area contributed by atoms with Gasteiger partial charge in [-0.2, -0.15) is 0 Å². The molecular weight excluding hydrogens is 144 g/mol. The van der Waals surface area contributed by atoms with Crippen LogP contribution in [0.4, 0.5) is 0 Å². The molecule has 1 heterocycles. The van der Waals surface area contributed by atoms with Gasteiger partial charge in [-0.15, -0.1) is 0 Å². The molecule has 0 spiro atoms. The third-order valence-corrected chi connectivity index (χ3v) is 1.89. The first kappa shape index (κ1) is 8.68. The van der Waals surface area contributed by atoms with Gasteiger partial charge in [-0.1, -0.05) is 6.92 Å². The molecule has 0 radical (unpaired) electrons. The SMILES string of the molecule is CC1COC(C(C)C=O)CO1. The molecule has 0 aromatic heterocycles. The average Bonchev–Trinajstić information content (AvgIpc) is 2.05. The molecule has 3 heteroatoms. The number of rotatable bonds is 2. The van der Waals surface area contributed by atoms with E-state index < -0.39 is 0 Å². The van der Waals surface area contributed by atoms with Crippen LogP contribution in [0.2, 0.25) is 0 Å². The molecule has 3 unspecified atom stereocenters. The van der Waals surface area contributed by atoms with Crippen molar-refractivity contribution < 1.29 is 14.3 Å². The Kier molecular flexibility index (Phi) is 3.02. The minimum absolute atomic E-state index is 0.0382. The first-order valence-corrected chi connectivity index (χ1v) is 3.92. The van der Waals surface area contributed by atoms with Gasteiger partial charge in [-0.05, 0) is 6.92 Å². The van der Waals surface area contributed by atoms with Crippen molar-refractivity contribution in [2.24, 2.45) is 5.92 Å². The van der Waals surface area contributed by atoms with Gasteiger partial charge in [0.2, 0.25) is 0 Å². The molecule has 1 aliphatic rings. The number of carbonyl (C=O) groups excluding carboxylic acids is 1. The highest BCUT2D eigenvalue weighted by Crippen LogP contribution is 2.12. The first-order chi connectivity index (χ1) is 5.24. The lowest BCUT2D eigenvalue weighted by atomic mass is 10.1. The van der Waals surface area contributed by atoms with Crippen LogP contribution >= 0.6 is 0 Å². The fourth-order valence-corrected chi connectivity index (χ4v) is 1.01. The van der Waals surface area contributed by atoms with Crippen molar-refractivity contribution >= 4 is 6.29 Å². The average molecular weight is 158 g/mol. The van der Waals surface area contributed by atoms with Crippen molar-refractivity contribution in [2.75, 3.05) is 13.2 Å². The molecular formula is C8H14O3. The summed E-state index contributed by atoms with van der Waals surface area (Å²) < 4.78 is 10.7. The van der Waals surface area contributed by atoms with Crippen molar-refractivity contribution in [3.63, 3.8) is 0 Å². The van der Waals surface area contributed by atoms with E-state index in [1.54, 1.807) is 0 Å². The van der Waals surface area contributed by atoms with Gasteiger partial charge in [0.15, 0.2) is 0 Å². The van der Waals surface area contributed by atoms with Gasteiger partial charge in [-0.25, -0.2) is 0 Å². The molecule has 0 aromatic rings. The quantitative estimate of drug-likeness (QED) is 0.553. The molecule has 0 saturated carbocycles. The molecule has 0 aliphatic carbocycles. The molecule has 1 fully saturated rings. The van der Waals surface area contributed by atoms with Crippen molar-refractivity contribution in [1.29, 1.82) is 0 Å². The standard InChI is InChI=1S/C8H14O3/c1-6(3-9)8-5-10-7(2)4-11-8/h3,6-8H,4-5H2,1-2H3. The van der Waals surface area contributed by atoms with Crippen molar-refractivity contribution in [2.45, 2.75) is 26.1 Å². The van der Waals surface area contributed by atoms with Crippen LogP contribution in [0, 0.1) is 5.92 Å². The van der Waals surface area contributed by atoms with E-state index in [9.17, 15) is 4.79 Å². The zero-order valence-corrected chi connectivity index (χ0v) is 6.95. The third-order valence-electron chi connectivity index (χ3n) is 1.89. The molecule has 0 aromatic carbocycles. The maximum atomic E-state index is 10.4. The Morgan fingerprint density at radius 1 is 1.45 bits per heavy atom. The van der Waals surface area contributed by atoms with Crippen LogP contribution in [0.15, 0.2) is 0 Å². The molecule has 1 aliphatic heterocycles. The van der Waals surface area contributed by atoms with E-state index >= 15 is 0 Å². The van der Waals surface area contributed by atoms with Crippen LogP contribution < -0.4 is 0 Å². The summed E-state index contributed by atoms with van der Waals surface area (Å²) in [5, 5.41) is 0. The highest BCUT2D eigenvalue weighted by molar-refractivity contribution is 5.53. The molecule has 1 rings (SSSR count). The van der Waals surface area contributed by atoms with Crippen LogP contribution in [-0.4, -0.2) is 31.7 Å². The maximum Gasteiger partial charge on any atom is 0.125 e. The Labute approximate surface area is 66.7 Å². The van der Waals surface area contributed by atoms with E-state index in [-0.39, 0.29) is 18.1 Å². The number of hydrogen-bond acceptors (Lipinski definition) is 3. The van der Waals surface area contributed by atoms with Gasteiger partial charge in [-0.3, -0.25) is 0 Å². The number of aldehydes is 1. The fraction of sp³-hybridized carbons (Fsp3) is 0.875. The Bertz CT molecular complexity index is 127. The highest BCUT2D eigenvalue weighted by atomic mass is 16.6. The Hall–Kier alpha value is -0.410. The Morgan fingerprint density at radius 2 is 2.18 bits per heavy atom. The molecule has 0 bridgehead atoms. The van der Waals surface area contributed by atoms with E-state index in [0.29, 0.717) is 13.2 Å². The van der Waals surface area contributed by atoms with E-state index in [0.717, 1.165) is 6.29 Å². The summed E-state index contributed by atoms with van der Waals surface area (Å²) in [6.45, 7) is 4.95. The Balaban J connectivity index is 2.32. The largest absolute Gasteiger partial charge is 0.373 e. The lowest BCUT2D eigenvalue weighted by Crippen LogP contribution is -2.38. The van der Waals surface area contributed by atoms with Gasteiger partial charge in [0.05, 0.1) is 25.4 Å². The van der Waals surface area contributed by atoms with E-state index in [4.69, 9.17) is 9.47 Å². The van der Waals surface area contributed by atoms with Gasteiger partial charge >= 0.3 is 0 Å². The monoisotopic (exact) mass is 158 g/mol. The summed E-state index contributed by atoms with van der Waals surface area (Å²) in [7, 11) is 0. The second-order valence-corrected chi connectivity index (χ2v) is 3.01. The molecule has 3 atom stereocenters. The fourth-order valence-electron chi connectivity index (χ4n) is 1.01. The Morgan fingerprint density at radius 3 is 2.64 bits per heavy atom. The van der Waals surface area contributed by atoms with Gasteiger partial charge < -0.3 is 14.3 Å². The maximum absolute atomic E-state index is 10.4. The zero-order chi connectivity index (χ0) is 8.27. The predicted octanol–water partition coefficient (Wildman–Crippen LogP) is 0.625. The molecule has 64 valence electrons. The molecule has 3 nitrogen and oxygen atoms in total. The molecule has 11 heavy (non-hydrogen) atoms. The number of hydrogen-bond donors (Lipinski definition) is 0. The van der Waals surface area contributed by atoms with Gasteiger partial charge in [0, 0.05) is 5.92 Å². The smallest absolute Gasteiger partial charge is 0.125 e. The van der Waals surface area contributed by atoms with Crippen LogP contribution in [-0.2, 0) is 14.3 Å². The van der Waals surface area contributed by atoms with Crippen molar-refractivity contribution in [3.8, 4) is 0 Å². The normalized spacial score (nSPS) is 34.7. The lowest BCUT2D eigenvalue weighted by Gasteiger charge is -2.29. The van der Waals surface area contributed by atoms with Gasteiger partial charge in [0.25, 0.3) is 0 Å². The molecule has 1 saturated heterocycles. The second kappa shape index (κ2) is 3.83. The highest BCUT2D eigenvalue weighted by Gasteiger charge is 2.23. The predicted molar refractivity (Wildman–Crippen MR) is 40.4 cm³/mol. The summed E-state index contributed by atoms with van der Waals surface area (Å²) in [5.74, 6) is -0.0532. The van der Waals surface area contributed by atoms with Crippen LogP contribution in [0.5, 0.6) is 0 Å². The van der Waals surface area contributed by atoms with Crippen molar-refractivity contribution in [3.05, 3.63) is 0 Å². The van der Waals surface area contributed by atoms with Crippen LogP contribution in [0.25, 0.3) is 0 Å². The second-order valence-electron chi connectivity index (χ2n) is 3.01. The summed E-state index contributed by atoms with van der Waals surface area (Å²) in [6, 6.07) is 0. The van der Waals surface area contributed by atoms with E-state index in [2.05, 4.69) is 0 Å². The zero-order valence-electron chi connectivity index (χ0n) is 6.95. The molecule has 0 N–H and O–H groups in total. The van der Waals surface area contributed by atoms with E-state index in [1.807, 2.05) is 13.8 Å². The van der Waals surface area contributed by atoms with E-state index in [1.165, 1.54) is 0 Å². The minimum Gasteiger partial charge on any atom is -0.373 e. The summed E-state index contributed by atoms with van der Waals surface area (Å²) >= 11 is 0. The topological polar surface area (TPSA) is 35.5 Å². The summed E-state index contributed by atoms with van der Waals surface area (Å²) in [6.07, 6.45) is 1.04.